The summed E-state index contributed by atoms with van der Waals surface area (Å²) in [5, 5.41) is 0. The first kappa shape index (κ1) is 12.0. The molecule has 2 aromatic rings. The highest BCUT2D eigenvalue weighted by Gasteiger charge is 2.42. The molecule has 18 heavy (non-hydrogen) atoms. The first-order chi connectivity index (χ1) is 8.78. The molecular weight excluding hydrogens is 246 g/mol. The standard InChI is InChI=1S/C14H18ClN3/c1-2-4-14(5-6-14)10-18-12-3-7-16-9-11(12)17-13(18)8-15/h3,7,9H,2,4-6,8,10H2,1H3. The maximum absolute atomic E-state index is 6.03. The average molecular weight is 264 g/mol. The van der Waals surface area contributed by atoms with Gasteiger partial charge in [-0.3, -0.25) is 4.98 Å². The van der Waals surface area contributed by atoms with E-state index in [1.54, 1.807) is 0 Å². The molecule has 1 aliphatic carbocycles. The van der Waals surface area contributed by atoms with Gasteiger partial charge in [0.25, 0.3) is 0 Å². The molecular formula is C14H18ClN3. The highest BCUT2D eigenvalue weighted by Crippen LogP contribution is 2.51. The Morgan fingerprint density at radius 2 is 2.28 bits per heavy atom. The Morgan fingerprint density at radius 3 is 2.94 bits per heavy atom. The van der Waals surface area contributed by atoms with Crippen molar-refractivity contribution >= 4 is 22.6 Å². The summed E-state index contributed by atoms with van der Waals surface area (Å²) >= 11 is 6.03. The van der Waals surface area contributed by atoms with Crippen molar-refractivity contribution < 1.29 is 0 Å². The first-order valence-electron chi connectivity index (χ1n) is 6.63. The molecule has 0 N–H and O–H groups in total. The molecule has 0 amide bonds. The van der Waals surface area contributed by atoms with Crippen LogP contribution in [0.2, 0.25) is 0 Å². The largest absolute Gasteiger partial charge is 0.326 e. The number of rotatable bonds is 5. The van der Waals surface area contributed by atoms with Gasteiger partial charge in [-0.25, -0.2) is 4.98 Å². The molecule has 1 aliphatic rings. The van der Waals surface area contributed by atoms with Crippen LogP contribution >= 0.6 is 11.6 Å². The molecule has 0 aliphatic heterocycles. The summed E-state index contributed by atoms with van der Waals surface area (Å²) in [4.78, 5) is 8.70. The zero-order valence-electron chi connectivity index (χ0n) is 10.7. The number of hydrogen-bond donors (Lipinski definition) is 0. The van der Waals surface area contributed by atoms with Crippen molar-refractivity contribution in [1.82, 2.24) is 14.5 Å². The summed E-state index contributed by atoms with van der Waals surface area (Å²) < 4.78 is 2.30. The monoisotopic (exact) mass is 263 g/mol. The second-order valence-corrected chi connectivity index (χ2v) is 5.63. The van der Waals surface area contributed by atoms with Crippen LogP contribution in [0, 0.1) is 5.41 Å². The van der Waals surface area contributed by atoms with E-state index in [0.717, 1.165) is 17.9 Å². The zero-order valence-corrected chi connectivity index (χ0v) is 11.5. The number of alkyl halides is 1. The summed E-state index contributed by atoms with van der Waals surface area (Å²) in [5.74, 6) is 1.44. The number of imidazole rings is 1. The van der Waals surface area contributed by atoms with Crippen molar-refractivity contribution in [2.24, 2.45) is 5.41 Å². The van der Waals surface area contributed by atoms with Crippen molar-refractivity contribution in [3.05, 3.63) is 24.3 Å². The van der Waals surface area contributed by atoms with Gasteiger partial charge in [0.2, 0.25) is 0 Å². The van der Waals surface area contributed by atoms with Gasteiger partial charge >= 0.3 is 0 Å². The first-order valence-corrected chi connectivity index (χ1v) is 7.16. The van der Waals surface area contributed by atoms with E-state index in [1.165, 1.54) is 31.2 Å². The number of nitrogens with zero attached hydrogens (tertiary/aromatic N) is 3. The van der Waals surface area contributed by atoms with E-state index >= 15 is 0 Å². The smallest absolute Gasteiger partial charge is 0.124 e. The highest BCUT2D eigenvalue weighted by atomic mass is 35.5. The van der Waals surface area contributed by atoms with Crippen LogP contribution in [0.25, 0.3) is 11.0 Å². The lowest BCUT2D eigenvalue weighted by Crippen LogP contribution is -2.13. The average Bonchev–Trinajstić information content (AvgIpc) is 3.05. The van der Waals surface area contributed by atoms with Crippen LogP contribution in [-0.4, -0.2) is 14.5 Å². The van der Waals surface area contributed by atoms with Crippen molar-refractivity contribution in [3.8, 4) is 0 Å². The second-order valence-electron chi connectivity index (χ2n) is 5.36. The Kier molecular flexibility index (Phi) is 3.02. The minimum absolute atomic E-state index is 0.469. The van der Waals surface area contributed by atoms with Crippen LogP contribution in [0.3, 0.4) is 0 Å². The molecule has 1 saturated carbocycles. The predicted molar refractivity (Wildman–Crippen MR) is 73.7 cm³/mol. The Balaban J connectivity index is 1.99. The molecule has 3 nitrogen and oxygen atoms in total. The van der Waals surface area contributed by atoms with Gasteiger partial charge in [-0.2, -0.15) is 0 Å². The minimum Gasteiger partial charge on any atom is -0.326 e. The fourth-order valence-electron chi connectivity index (χ4n) is 2.84. The van der Waals surface area contributed by atoms with Gasteiger partial charge in [0.15, 0.2) is 0 Å². The van der Waals surface area contributed by atoms with Gasteiger partial charge < -0.3 is 4.57 Å². The summed E-state index contributed by atoms with van der Waals surface area (Å²) in [6, 6.07) is 2.04. The van der Waals surface area contributed by atoms with Crippen LogP contribution in [0.1, 0.15) is 38.4 Å². The van der Waals surface area contributed by atoms with Gasteiger partial charge in [-0.15, -0.1) is 11.6 Å². The second kappa shape index (κ2) is 4.54. The third-order valence-corrected chi connectivity index (χ3v) is 4.22. The number of aromatic nitrogens is 3. The molecule has 0 radical (unpaired) electrons. The topological polar surface area (TPSA) is 30.7 Å². The van der Waals surface area contributed by atoms with Crippen LogP contribution in [0.5, 0.6) is 0 Å². The minimum atomic E-state index is 0.469. The third-order valence-electron chi connectivity index (χ3n) is 3.98. The van der Waals surface area contributed by atoms with Crippen LogP contribution < -0.4 is 0 Å². The quantitative estimate of drug-likeness (QED) is 0.769. The van der Waals surface area contributed by atoms with Crippen LogP contribution in [0.15, 0.2) is 18.5 Å². The summed E-state index contributed by atoms with van der Waals surface area (Å²) in [6.07, 6.45) is 8.89. The summed E-state index contributed by atoms with van der Waals surface area (Å²) in [7, 11) is 0. The van der Waals surface area contributed by atoms with Gasteiger partial charge in [-0.05, 0) is 30.7 Å². The van der Waals surface area contributed by atoms with Crippen molar-refractivity contribution in [1.29, 1.82) is 0 Å². The Morgan fingerprint density at radius 1 is 1.44 bits per heavy atom. The molecule has 96 valence electrons. The van der Waals surface area contributed by atoms with E-state index in [1.807, 2.05) is 18.5 Å². The van der Waals surface area contributed by atoms with Gasteiger partial charge in [-0.1, -0.05) is 13.3 Å². The van der Waals surface area contributed by atoms with E-state index in [4.69, 9.17) is 11.6 Å². The fraction of sp³-hybridized carbons (Fsp3) is 0.571. The van der Waals surface area contributed by atoms with Gasteiger partial charge in [0, 0.05) is 12.7 Å². The predicted octanol–water partition coefficient (Wildman–Crippen LogP) is 3.75. The Hall–Kier alpha value is -1.09. The van der Waals surface area contributed by atoms with E-state index in [2.05, 4.69) is 21.5 Å². The van der Waals surface area contributed by atoms with E-state index in [0.29, 0.717) is 11.3 Å². The van der Waals surface area contributed by atoms with Gasteiger partial charge in [0.05, 0.1) is 17.6 Å². The lowest BCUT2D eigenvalue weighted by molar-refractivity contribution is 0.389. The normalized spacial score (nSPS) is 17.2. The van der Waals surface area contributed by atoms with Crippen LogP contribution in [0.4, 0.5) is 0 Å². The molecule has 0 atom stereocenters. The SMILES string of the molecule is CCCC1(Cn2c(CCl)nc3cnccc32)CC1. The highest BCUT2D eigenvalue weighted by molar-refractivity contribution is 6.16. The van der Waals surface area contributed by atoms with Gasteiger partial charge in [0.1, 0.15) is 11.3 Å². The number of halogens is 1. The fourth-order valence-corrected chi connectivity index (χ4v) is 3.04. The lowest BCUT2D eigenvalue weighted by atomic mass is 10.0. The third kappa shape index (κ3) is 2.01. The van der Waals surface area contributed by atoms with E-state index < -0.39 is 0 Å². The number of pyridine rings is 1. The van der Waals surface area contributed by atoms with E-state index in [-0.39, 0.29) is 0 Å². The van der Waals surface area contributed by atoms with Crippen molar-refractivity contribution in [2.75, 3.05) is 0 Å². The zero-order chi connectivity index (χ0) is 12.6. The molecule has 1 fully saturated rings. The van der Waals surface area contributed by atoms with Crippen molar-refractivity contribution in [2.45, 2.75) is 45.0 Å². The summed E-state index contributed by atoms with van der Waals surface area (Å²) in [6.45, 7) is 3.32. The molecule has 0 spiro atoms. The molecule has 0 unspecified atom stereocenters. The summed E-state index contributed by atoms with van der Waals surface area (Å²) in [5.41, 5.74) is 2.63. The van der Waals surface area contributed by atoms with Crippen LogP contribution in [-0.2, 0) is 12.4 Å². The molecule has 2 heterocycles. The number of hydrogen-bond acceptors (Lipinski definition) is 2. The Labute approximate surface area is 112 Å². The Bertz CT molecular complexity index is 557. The lowest BCUT2D eigenvalue weighted by Gasteiger charge is -2.17. The maximum Gasteiger partial charge on any atom is 0.124 e. The molecule has 0 bridgehead atoms. The molecule has 3 rings (SSSR count). The molecule has 4 heteroatoms. The van der Waals surface area contributed by atoms with Crippen molar-refractivity contribution in [3.63, 3.8) is 0 Å². The molecule has 0 aromatic carbocycles. The maximum atomic E-state index is 6.03. The number of fused-ring (bicyclic) bond motifs is 1. The molecule has 2 aromatic heterocycles. The van der Waals surface area contributed by atoms with E-state index in [9.17, 15) is 0 Å². The molecule has 0 saturated heterocycles.